The number of rotatable bonds is 4. The van der Waals surface area contributed by atoms with Crippen LogP contribution in [-0.4, -0.2) is 19.8 Å². The second kappa shape index (κ2) is 4.77. The van der Waals surface area contributed by atoms with Gasteiger partial charge in [0, 0.05) is 18.6 Å². The fourth-order valence-electron chi connectivity index (χ4n) is 2.16. The van der Waals surface area contributed by atoms with Gasteiger partial charge in [0.25, 0.3) is 0 Å². The van der Waals surface area contributed by atoms with Crippen molar-refractivity contribution < 1.29 is 4.74 Å². The second-order valence-electron chi connectivity index (χ2n) is 4.49. The van der Waals surface area contributed by atoms with Crippen LogP contribution in [0.15, 0.2) is 30.3 Å². The van der Waals surface area contributed by atoms with Gasteiger partial charge in [0.2, 0.25) is 0 Å². The third-order valence-electron chi connectivity index (χ3n) is 3.40. The molecule has 15 heavy (non-hydrogen) atoms. The number of aryl methyl sites for hydroxylation is 1. The summed E-state index contributed by atoms with van der Waals surface area (Å²) in [6.45, 7) is 2.47. The molecular formula is C13H19NO. The fraction of sp³-hybridized carbons (Fsp3) is 0.538. The van der Waals surface area contributed by atoms with Gasteiger partial charge in [-0.3, -0.25) is 0 Å². The lowest BCUT2D eigenvalue weighted by Crippen LogP contribution is -2.31. The molecule has 1 saturated heterocycles. The minimum absolute atomic E-state index is 0.246. The first kappa shape index (κ1) is 10.7. The fourth-order valence-corrected chi connectivity index (χ4v) is 2.16. The molecule has 1 unspecified atom stereocenters. The normalized spacial score (nSPS) is 25.7. The van der Waals surface area contributed by atoms with Gasteiger partial charge in [-0.15, -0.1) is 0 Å². The van der Waals surface area contributed by atoms with Crippen LogP contribution in [0.25, 0.3) is 0 Å². The summed E-state index contributed by atoms with van der Waals surface area (Å²) in [6, 6.07) is 10.6. The number of ether oxygens (including phenoxy) is 1. The van der Waals surface area contributed by atoms with Gasteiger partial charge in [0.15, 0.2) is 0 Å². The van der Waals surface area contributed by atoms with Gasteiger partial charge in [0.05, 0.1) is 6.61 Å². The van der Waals surface area contributed by atoms with Gasteiger partial charge in [-0.25, -0.2) is 0 Å². The summed E-state index contributed by atoms with van der Waals surface area (Å²) < 4.78 is 5.46. The average Bonchev–Trinajstić information content (AvgIpc) is 2.77. The van der Waals surface area contributed by atoms with E-state index >= 15 is 0 Å². The van der Waals surface area contributed by atoms with Gasteiger partial charge in [-0.1, -0.05) is 30.3 Å². The zero-order chi connectivity index (χ0) is 10.6. The van der Waals surface area contributed by atoms with Crippen molar-refractivity contribution in [2.24, 2.45) is 11.1 Å². The van der Waals surface area contributed by atoms with Crippen LogP contribution >= 0.6 is 0 Å². The topological polar surface area (TPSA) is 35.2 Å². The van der Waals surface area contributed by atoms with E-state index in [-0.39, 0.29) is 5.41 Å². The lowest BCUT2D eigenvalue weighted by Gasteiger charge is -2.25. The molecule has 1 aliphatic rings. The van der Waals surface area contributed by atoms with Crippen LogP contribution in [0.5, 0.6) is 0 Å². The maximum Gasteiger partial charge on any atom is 0.0535 e. The molecule has 2 rings (SSSR count). The SMILES string of the molecule is NCC1(CCc2ccccc2)CCOC1. The van der Waals surface area contributed by atoms with Crippen molar-refractivity contribution in [3.05, 3.63) is 35.9 Å². The van der Waals surface area contributed by atoms with E-state index in [4.69, 9.17) is 10.5 Å². The van der Waals surface area contributed by atoms with Crippen LogP contribution in [0.1, 0.15) is 18.4 Å². The first-order valence-electron chi connectivity index (χ1n) is 5.66. The Morgan fingerprint density at radius 2 is 2.07 bits per heavy atom. The monoisotopic (exact) mass is 205 g/mol. The van der Waals surface area contributed by atoms with E-state index in [0.717, 1.165) is 39.0 Å². The van der Waals surface area contributed by atoms with Crippen molar-refractivity contribution in [2.75, 3.05) is 19.8 Å². The van der Waals surface area contributed by atoms with Crippen LogP contribution in [0, 0.1) is 5.41 Å². The van der Waals surface area contributed by atoms with E-state index in [9.17, 15) is 0 Å². The van der Waals surface area contributed by atoms with Crippen molar-refractivity contribution >= 4 is 0 Å². The molecule has 1 aromatic carbocycles. The molecule has 1 aliphatic heterocycles. The van der Waals surface area contributed by atoms with Crippen LogP contribution in [0.2, 0.25) is 0 Å². The molecule has 82 valence electrons. The average molecular weight is 205 g/mol. The quantitative estimate of drug-likeness (QED) is 0.815. The highest BCUT2D eigenvalue weighted by Gasteiger charge is 2.32. The maximum atomic E-state index is 5.85. The Morgan fingerprint density at radius 1 is 1.27 bits per heavy atom. The third-order valence-corrected chi connectivity index (χ3v) is 3.40. The van der Waals surface area contributed by atoms with E-state index in [1.54, 1.807) is 0 Å². The van der Waals surface area contributed by atoms with Crippen molar-refractivity contribution in [1.29, 1.82) is 0 Å². The molecule has 2 heteroatoms. The molecule has 0 saturated carbocycles. The van der Waals surface area contributed by atoms with Crippen molar-refractivity contribution in [1.82, 2.24) is 0 Å². The standard InChI is InChI=1S/C13H19NO/c14-10-13(8-9-15-11-13)7-6-12-4-2-1-3-5-12/h1-5H,6-11,14H2. The third kappa shape index (κ3) is 2.58. The van der Waals surface area contributed by atoms with E-state index in [1.807, 2.05) is 0 Å². The van der Waals surface area contributed by atoms with E-state index < -0.39 is 0 Å². The lowest BCUT2D eigenvalue weighted by atomic mass is 9.81. The summed E-state index contributed by atoms with van der Waals surface area (Å²) in [7, 11) is 0. The largest absolute Gasteiger partial charge is 0.381 e. The Morgan fingerprint density at radius 3 is 2.67 bits per heavy atom. The molecule has 0 aliphatic carbocycles. The number of hydrogen-bond donors (Lipinski definition) is 1. The van der Waals surface area contributed by atoms with Gasteiger partial charge in [0.1, 0.15) is 0 Å². The highest BCUT2D eigenvalue weighted by molar-refractivity contribution is 5.15. The number of hydrogen-bond acceptors (Lipinski definition) is 2. The molecule has 2 N–H and O–H groups in total. The Balaban J connectivity index is 1.92. The van der Waals surface area contributed by atoms with Crippen LogP contribution in [0.4, 0.5) is 0 Å². The summed E-state index contributed by atoms with van der Waals surface area (Å²) in [6.07, 6.45) is 3.38. The Labute approximate surface area is 91.4 Å². The molecule has 1 atom stereocenters. The Hall–Kier alpha value is -0.860. The highest BCUT2D eigenvalue weighted by Crippen LogP contribution is 2.32. The minimum atomic E-state index is 0.246. The lowest BCUT2D eigenvalue weighted by molar-refractivity contribution is 0.150. The molecular weight excluding hydrogens is 186 g/mol. The zero-order valence-electron chi connectivity index (χ0n) is 9.11. The molecule has 0 amide bonds. The van der Waals surface area contributed by atoms with E-state index in [2.05, 4.69) is 30.3 Å². The molecule has 0 bridgehead atoms. The van der Waals surface area contributed by atoms with Crippen molar-refractivity contribution in [3.63, 3.8) is 0 Å². The Bertz CT molecular complexity index is 291. The molecule has 2 nitrogen and oxygen atoms in total. The highest BCUT2D eigenvalue weighted by atomic mass is 16.5. The predicted octanol–water partition coefficient (Wildman–Crippen LogP) is 1.98. The van der Waals surface area contributed by atoms with E-state index in [0.29, 0.717) is 0 Å². The van der Waals surface area contributed by atoms with Gasteiger partial charge >= 0.3 is 0 Å². The zero-order valence-corrected chi connectivity index (χ0v) is 9.11. The second-order valence-corrected chi connectivity index (χ2v) is 4.49. The molecule has 0 radical (unpaired) electrons. The van der Waals surface area contributed by atoms with Crippen molar-refractivity contribution in [2.45, 2.75) is 19.3 Å². The maximum absolute atomic E-state index is 5.85. The molecule has 1 aromatic rings. The van der Waals surface area contributed by atoms with Crippen LogP contribution in [-0.2, 0) is 11.2 Å². The summed E-state index contributed by atoms with van der Waals surface area (Å²) in [5.41, 5.74) is 7.50. The van der Waals surface area contributed by atoms with Gasteiger partial charge in [-0.05, 0) is 24.8 Å². The van der Waals surface area contributed by atoms with Gasteiger partial charge in [-0.2, -0.15) is 0 Å². The molecule has 1 fully saturated rings. The summed E-state index contributed by atoms with van der Waals surface area (Å²) in [5.74, 6) is 0. The summed E-state index contributed by atoms with van der Waals surface area (Å²) >= 11 is 0. The first-order chi connectivity index (χ1) is 7.35. The Kier molecular flexibility index (Phi) is 3.39. The molecule has 0 spiro atoms. The summed E-state index contributed by atoms with van der Waals surface area (Å²) in [5, 5.41) is 0. The minimum Gasteiger partial charge on any atom is -0.381 e. The van der Waals surface area contributed by atoms with Gasteiger partial charge < -0.3 is 10.5 Å². The number of benzene rings is 1. The summed E-state index contributed by atoms with van der Waals surface area (Å²) in [4.78, 5) is 0. The number of nitrogens with two attached hydrogens (primary N) is 1. The molecule has 1 heterocycles. The van der Waals surface area contributed by atoms with Crippen LogP contribution < -0.4 is 5.73 Å². The van der Waals surface area contributed by atoms with E-state index in [1.165, 1.54) is 5.56 Å². The predicted molar refractivity (Wildman–Crippen MR) is 61.7 cm³/mol. The smallest absolute Gasteiger partial charge is 0.0535 e. The van der Waals surface area contributed by atoms with Crippen molar-refractivity contribution in [3.8, 4) is 0 Å². The van der Waals surface area contributed by atoms with Crippen LogP contribution in [0.3, 0.4) is 0 Å². The first-order valence-corrected chi connectivity index (χ1v) is 5.66. The molecule has 0 aromatic heterocycles.